The maximum Gasteiger partial charge on any atom is 0.253 e. The highest BCUT2D eigenvalue weighted by atomic mass is 16.1. The molecule has 1 aromatic rings. The zero-order valence-electron chi connectivity index (χ0n) is 8.82. The highest BCUT2D eigenvalue weighted by molar-refractivity contribution is 5.94. The smallest absolute Gasteiger partial charge is 0.253 e. The van der Waals surface area contributed by atoms with Gasteiger partial charge in [0, 0.05) is 18.4 Å². The van der Waals surface area contributed by atoms with Gasteiger partial charge in [-0.05, 0) is 25.5 Å². The molecule has 1 unspecified atom stereocenters. The van der Waals surface area contributed by atoms with Crippen LogP contribution in [-0.4, -0.2) is 16.9 Å². The van der Waals surface area contributed by atoms with Gasteiger partial charge in [-0.3, -0.25) is 9.78 Å². The lowest BCUT2D eigenvalue weighted by Gasteiger charge is -2.09. The number of pyridine rings is 1. The van der Waals surface area contributed by atoms with E-state index in [0.29, 0.717) is 12.0 Å². The molecule has 1 amide bonds. The van der Waals surface area contributed by atoms with Crippen molar-refractivity contribution in [3.63, 3.8) is 0 Å². The van der Waals surface area contributed by atoms with Gasteiger partial charge in [-0.25, -0.2) is 0 Å². The molecule has 0 spiro atoms. The largest absolute Gasteiger partial charge is 0.349 e. The van der Waals surface area contributed by atoms with Gasteiger partial charge in [-0.15, -0.1) is 0 Å². The first-order chi connectivity index (χ1) is 7.13. The molecule has 1 heterocycles. The van der Waals surface area contributed by atoms with E-state index in [2.05, 4.69) is 10.3 Å². The van der Waals surface area contributed by atoms with E-state index in [-0.39, 0.29) is 11.9 Å². The second-order valence-corrected chi connectivity index (χ2v) is 3.49. The van der Waals surface area contributed by atoms with Crippen molar-refractivity contribution in [2.75, 3.05) is 0 Å². The minimum absolute atomic E-state index is 0.136. The van der Waals surface area contributed by atoms with Crippen LogP contribution in [0.4, 0.5) is 0 Å². The number of carbonyl (C=O) groups is 1. The molecule has 0 saturated heterocycles. The molecular weight excluding hydrogens is 190 g/mol. The molecule has 78 valence electrons. The molecule has 4 nitrogen and oxygen atoms in total. The Balaban J connectivity index is 2.66. The Kier molecular flexibility index (Phi) is 3.81. The number of nitrogens with zero attached hydrogens (tertiary/aromatic N) is 2. The summed E-state index contributed by atoms with van der Waals surface area (Å²) in [5.41, 5.74) is 1.47. The second-order valence-electron chi connectivity index (χ2n) is 3.49. The van der Waals surface area contributed by atoms with Crippen LogP contribution in [0.15, 0.2) is 18.5 Å². The quantitative estimate of drug-likeness (QED) is 0.808. The number of nitrogens with one attached hydrogen (secondary N) is 1. The number of amides is 1. The Bertz CT molecular complexity index is 395. The fraction of sp³-hybridized carbons (Fsp3) is 0.364. The number of aromatic nitrogens is 1. The molecule has 0 fully saturated rings. The fourth-order valence-electron chi connectivity index (χ4n) is 1.17. The fourth-order valence-corrected chi connectivity index (χ4v) is 1.17. The molecule has 0 aliphatic carbocycles. The monoisotopic (exact) mass is 203 g/mol. The average Bonchev–Trinajstić information content (AvgIpc) is 2.18. The summed E-state index contributed by atoms with van der Waals surface area (Å²) < 4.78 is 0. The van der Waals surface area contributed by atoms with Crippen LogP contribution in [0, 0.1) is 18.3 Å². The molecule has 4 heteroatoms. The molecule has 0 bridgehead atoms. The molecule has 15 heavy (non-hydrogen) atoms. The lowest BCUT2D eigenvalue weighted by Crippen LogP contribution is -2.32. The summed E-state index contributed by atoms with van der Waals surface area (Å²) in [5.74, 6) is -0.186. The van der Waals surface area contributed by atoms with Gasteiger partial charge in [0.25, 0.3) is 5.91 Å². The van der Waals surface area contributed by atoms with Gasteiger partial charge in [0.05, 0.1) is 18.1 Å². The second kappa shape index (κ2) is 5.11. The van der Waals surface area contributed by atoms with Gasteiger partial charge in [0.1, 0.15) is 0 Å². The highest BCUT2D eigenvalue weighted by Gasteiger charge is 2.09. The minimum atomic E-state index is -0.186. The summed E-state index contributed by atoms with van der Waals surface area (Å²) in [5, 5.41) is 11.2. The first-order valence-corrected chi connectivity index (χ1v) is 4.73. The lowest BCUT2D eigenvalue weighted by molar-refractivity contribution is 0.0940. The van der Waals surface area contributed by atoms with Crippen LogP contribution in [0.2, 0.25) is 0 Å². The number of rotatable bonds is 3. The van der Waals surface area contributed by atoms with Gasteiger partial charge in [0.2, 0.25) is 0 Å². The summed E-state index contributed by atoms with van der Waals surface area (Å²) in [7, 11) is 0. The Morgan fingerprint density at radius 2 is 2.40 bits per heavy atom. The van der Waals surface area contributed by atoms with E-state index in [1.807, 2.05) is 13.0 Å². The molecule has 1 N–H and O–H groups in total. The first-order valence-electron chi connectivity index (χ1n) is 4.73. The number of hydrogen-bond donors (Lipinski definition) is 1. The van der Waals surface area contributed by atoms with Crippen molar-refractivity contribution < 1.29 is 4.79 Å². The standard InChI is InChI=1S/C11H13N3O/c1-8-5-10(7-13-6-8)11(15)14-9(2)3-4-12/h5-7,9H,3H2,1-2H3,(H,14,15). The number of nitriles is 1. The van der Waals surface area contributed by atoms with Crippen molar-refractivity contribution in [2.45, 2.75) is 26.3 Å². The molecular formula is C11H13N3O. The summed E-state index contributed by atoms with van der Waals surface area (Å²) in [4.78, 5) is 15.6. The molecule has 0 radical (unpaired) electrons. The summed E-state index contributed by atoms with van der Waals surface area (Å²) in [6, 6.07) is 3.63. The van der Waals surface area contributed by atoms with Gasteiger partial charge in [-0.1, -0.05) is 0 Å². The summed E-state index contributed by atoms with van der Waals surface area (Å²) >= 11 is 0. The Hall–Kier alpha value is -1.89. The van der Waals surface area contributed by atoms with Crippen molar-refractivity contribution in [3.8, 4) is 6.07 Å². The van der Waals surface area contributed by atoms with Crippen molar-refractivity contribution >= 4 is 5.91 Å². The summed E-state index contributed by atoms with van der Waals surface area (Å²) in [6.07, 6.45) is 3.52. The van der Waals surface area contributed by atoms with Gasteiger partial charge in [-0.2, -0.15) is 5.26 Å². The number of aryl methyl sites for hydroxylation is 1. The average molecular weight is 203 g/mol. The van der Waals surface area contributed by atoms with Crippen LogP contribution < -0.4 is 5.32 Å². The number of carbonyl (C=O) groups excluding carboxylic acids is 1. The lowest BCUT2D eigenvalue weighted by atomic mass is 10.2. The van der Waals surface area contributed by atoms with E-state index in [0.717, 1.165) is 5.56 Å². The molecule has 0 aromatic carbocycles. The van der Waals surface area contributed by atoms with E-state index in [9.17, 15) is 4.79 Å². The Labute approximate surface area is 88.9 Å². The molecule has 0 aliphatic rings. The predicted molar refractivity (Wildman–Crippen MR) is 56.1 cm³/mol. The van der Waals surface area contributed by atoms with Crippen molar-refractivity contribution in [3.05, 3.63) is 29.6 Å². The van der Waals surface area contributed by atoms with E-state index in [1.54, 1.807) is 19.2 Å². The van der Waals surface area contributed by atoms with Crippen LogP contribution in [0.25, 0.3) is 0 Å². The molecule has 0 aliphatic heterocycles. The summed E-state index contributed by atoms with van der Waals surface area (Å²) in [6.45, 7) is 3.67. The van der Waals surface area contributed by atoms with E-state index < -0.39 is 0 Å². The third kappa shape index (κ3) is 3.39. The molecule has 0 saturated carbocycles. The third-order valence-corrected chi connectivity index (χ3v) is 1.91. The Morgan fingerprint density at radius 1 is 1.67 bits per heavy atom. The first kappa shape index (κ1) is 11.2. The Morgan fingerprint density at radius 3 is 3.00 bits per heavy atom. The predicted octanol–water partition coefficient (Wildman–Crippen LogP) is 1.42. The van der Waals surface area contributed by atoms with Gasteiger partial charge < -0.3 is 5.32 Å². The maximum atomic E-state index is 11.6. The van der Waals surface area contributed by atoms with E-state index in [1.165, 1.54) is 6.20 Å². The number of hydrogen-bond acceptors (Lipinski definition) is 3. The zero-order chi connectivity index (χ0) is 11.3. The maximum absolute atomic E-state index is 11.6. The SMILES string of the molecule is Cc1cncc(C(=O)NC(C)CC#N)c1. The molecule has 1 atom stereocenters. The topological polar surface area (TPSA) is 65.8 Å². The van der Waals surface area contributed by atoms with E-state index in [4.69, 9.17) is 5.26 Å². The van der Waals surface area contributed by atoms with Gasteiger partial charge in [0.15, 0.2) is 0 Å². The van der Waals surface area contributed by atoms with Crippen LogP contribution >= 0.6 is 0 Å². The van der Waals surface area contributed by atoms with Crippen molar-refractivity contribution in [1.82, 2.24) is 10.3 Å². The van der Waals surface area contributed by atoms with Gasteiger partial charge >= 0.3 is 0 Å². The van der Waals surface area contributed by atoms with Crippen molar-refractivity contribution in [2.24, 2.45) is 0 Å². The van der Waals surface area contributed by atoms with E-state index >= 15 is 0 Å². The third-order valence-electron chi connectivity index (χ3n) is 1.91. The highest BCUT2D eigenvalue weighted by Crippen LogP contribution is 2.02. The van der Waals surface area contributed by atoms with Crippen LogP contribution in [0.1, 0.15) is 29.3 Å². The van der Waals surface area contributed by atoms with Crippen LogP contribution in [0.5, 0.6) is 0 Å². The van der Waals surface area contributed by atoms with Crippen LogP contribution in [-0.2, 0) is 0 Å². The minimum Gasteiger partial charge on any atom is -0.349 e. The molecule has 1 aromatic heterocycles. The van der Waals surface area contributed by atoms with Crippen LogP contribution in [0.3, 0.4) is 0 Å². The molecule has 1 rings (SSSR count). The normalized spacial score (nSPS) is 11.5. The van der Waals surface area contributed by atoms with Crippen molar-refractivity contribution in [1.29, 1.82) is 5.26 Å². The zero-order valence-corrected chi connectivity index (χ0v) is 8.82.